The van der Waals surface area contributed by atoms with Crippen molar-refractivity contribution in [3.63, 3.8) is 0 Å². The van der Waals surface area contributed by atoms with Gasteiger partial charge in [-0.05, 0) is 44.0 Å². The number of benzene rings is 2. The van der Waals surface area contributed by atoms with E-state index < -0.39 is 20.2 Å². The second kappa shape index (κ2) is 11.9. The summed E-state index contributed by atoms with van der Waals surface area (Å²) in [7, 11) is -8.04. The van der Waals surface area contributed by atoms with Crippen molar-refractivity contribution < 1.29 is 25.9 Å². The van der Waals surface area contributed by atoms with E-state index in [2.05, 4.69) is 19.3 Å². The third-order valence-electron chi connectivity index (χ3n) is 3.16. The maximum absolute atomic E-state index is 10.5. The molecule has 0 radical (unpaired) electrons. The number of rotatable bonds is 4. The average Bonchev–Trinajstić information content (AvgIpc) is 2.55. The van der Waals surface area contributed by atoms with Gasteiger partial charge in [0, 0.05) is 6.54 Å². The standard InChI is InChI=1S/2C7H8O3S.C4H12N2/c2*1-6-2-4-7(5-3-6)11(8,9)10;1-4(2)3-6-5/h2*2-5H,1H3,(H,8,9,10);4,6H,3,5H2,1-2H3. The van der Waals surface area contributed by atoms with Crippen molar-refractivity contribution in [3.05, 3.63) is 59.7 Å². The highest BCUT2D eigenvalue weighted by atomic mass is 32.2. The van der Waals surface area contributed by atoms with Gasteiger partial charge < -0.3 is 0 Å². The van der Waals surface area contributed by atoms with Crippen LogP contribution in [0.5, 0.6) is 0 Å². The lowest BCUT2D eigenvalue weighted by molar-refractivity contribution is 0.481. The Morgan fingerprint density at radius 3 is 1.21 bits per heavy atom. The first-order valence-corrected chi connectivity index (χ1v) is 11.2. The van der Waals surface area contributed by atoms with E-state index in [-0.39, 0.29) is 9.79 Å². The minimum Gasteiger partial charge on any atom is -0.282 e. The average molecular weight is 433 g/mol. The van der Waals surface area contributed by atoms with Crippen LogP contribution in [0.3, 0.4) is 0 Å². The van der Waals surface area contributed by atoms with E-state index in [1.165, 1.54) is 24.3 Å². The highest BCUT2D eigenvalue weighted by Crippen LogP contribution is 2.09. The fourth-order valence-electron chi connectivity index (χ4n) is 1.66. The van der Waals surface area contributed by atoms with Crippen molar-refractivity contribution in [3.8, 4) is 0 Å². The number of hydrazine groups is 1. The van der Waals surface area contributed by atoms with Crippen LogP contribution in [0.1, 0.15) is 25.0 Å². The molecule has 0 aliphatic heterocycles. The molecule has 0 atom stereocenters. The van der Waals surface area contributed by atoms with E-state index >= 15 is 0 Å². The molecule has 2 rings (SSSR count). The first-order valence-electron chi connectivity index (χ1n) is 8.29. The van der Waals surface area contributed by atoms with Gasteiger partial charge in [0.25, 0.3) is 20.2 Å². The van der Waals surface area contributed by atoms with Gasteiger partial charge in [0.2, 0.25) is 0 Å². The molecule has 5 N–H and O–H groups in total. The summed E-state index contributed by atoms with van der Waals surface area (Å²) in [6, 6.07) is 12.0. The van der Waals surface area contributed by atoms with Crippen molar-refractivity contribution >= 4 is 20.2 Å². The smallest absolute Gasteiger partial charge is 0.282 e. The summed E-state index contributed by atoms with van der Waals surface area (Å²) >= 11 is 0. The minimum absolute atomic E-state index is 0.0666. The molecule has 0 bridgehead atoms. The van der Waals surface area contributed by atoms with Crippen molar-refractivity contribution in [1.29, 1.82) is 0 Å². The first-order chi connectivity index (χ1) is 12.8. The maximum Gasteiger partial charge on any atom is 0.294 e. The zero-order valence-electron chi connectivity index (χ0n) is 16.3. The summed E-state index contributed by atoms with van der Waals surface area (Å²) in [5.41, 5.74) is 4.48. The molecule has 0 saturated carbocycles. The molecular weight excluding hydrogens is 404 g/mol. The summed E-state index contributed by atoms with van der Waals surface area (Å²) in [6.07, 6.45) is 0. The Morgan fingerprint density at radius 1 is 0.786 bits per heavy atom. The van der Waals surface area contributed by atoms with Crippen molar-refractivity contribution in [2.45, 2.75) is 37.5 Å². The maximum atomic E-state index is 10.5. The molecule has 2 aromatic carbocycles. The van der Waals surface area contributed by atoms with Crippen LogP contribution in [0.2, 0.25) is 0 Å². The second-order valence-corrected chi connectivity index (χ2v) is 9.22. The van der Waals surface area contributed by atoms with E-state index in [0.717, 1.165) is 17.7 Å². The lowest BCUT2D eigenvalue weighted by atomic mass is 10.2. The lowest BCUT2D eigenvalue weighted by Crippen LogP contribution is -2.26. The fourth-order valence-corrected chi connectivity index (χ4v) is 2.62. The molecular formula is C18H28N2O6S2. The molecule has 158 valence electrons. The van der Waals surface area contributed by atoms with Crippen molar-refractivity contribution in [1.82, 2.24) is 5.43 Å². The topological polar surface area (TPSA) is 147 Å². The van der Waals surface area contributed by atoms with Gasteiger partial charge in [-0.2, -0.15) is 16.8 Å². The molecule has 2 aromatic rings. The summed E-state index contributed by atoms with van der Waals surface area (Å²) < 4.78 is 59.1. The third kappa shape index (κ3) is 11.8. The Hall–Kier alpha value is -1.82. The van der Waals surface area contributed by atoms with Crippen LogP contribution in [0, 0.1) is 19.8 Å². The third-order valence-corrected chi connectivity index (χ3v) is 4.90. The molecule has 0 saturated heterocycles. The molecule has 8 nitrogen and oxygen atoms in total. The Morgan fingerprint density at radius 2 is 1.07 bits per heavy atom. The van der Waals surface area contributed by atoms with Gasteiger partial charge in [-0.1, -0.05) is 49.2 Å². The van der Waals surface area contributed by atoms with Gasteiger partial charge in [0.1, 0.15) is 0 Å². The number of aryl methyl sites for hydroxylation is 2. The second-order valence-electron chi connectivity index (χ2n) is 6.38. The quantitative estimate of drug-likeness (QED) is 0.327. The number of hydrogen-bond acceptors (Lipinski definition) is 6. The van der Waals surface area contributed by atoms with E-state index in [1.54, 1.807) is 24.3 Å². The molecule has 10 heteroatoms. The van der Waals surface area contributed by atoms with Gasteiger partial charge in [-0.3, -0.25) is 20.4 Å². The molecule has 0 amide bonds. The Bertz CT molecular complexity index is 834. The normalized spacial score (nSPS) is 11.1. The van der Waals surface area contributed by atoms with Gasteiger partial charge in [0.05, 0.1) is 9.79 Å². The van der Waals surface area contributed by atoms with Crippen LogP contribution in [0.4, 0.5) is 0 Å². The SMILES string of the molecule is CC(C)CNN.Cc1ccc(S(=O)(=O)O)cc1.Cc1ccc(S(=O)(=O)O)cc1. The molecule has 0 heterocycles. The van der Waals surface area contributed by atoms with Crippen LogP contribution in [0.25, 0.3) is 0 Å². The summed E-state index contributed by atoms with van der Waals surface area (Å²) in [6.45, 7) is 8.81. The van der Waals surface area contributed by atoms with Gasteiger partial charge in [-0.15, -0.1) is 0 Å². The van der Waals surface area contributed by atoms with Gasteiger partial charge in [-0.25, -0.2) is 0 Å². The zero-order valence-corrected chi connectivity index (χ0v) is 18.0. The molecule has 0 fully saturated rings. The number of nitrogens with two attached hydrogens (primary N) is 1. The van der Waals surface area contributed by atoms with Gasteiger partial charge >= 0.3 is 0 Å². The Balaban J connectivity index is 0.000000411. The lowest BCUT2D eigenvalue weighted by Gasteiger charge is -1.98. The first kappa shape index (κ1) is 26.2. The van der Waals surface area contributed by atoms with Crippen LogP contribution in [-0.4, -0.2) is 32.5 Å². The number of hydrogen-bond donors (Lipinski definition) is 4. The van der Waals surface area contributed by atoms with E-state index in [0.29, 0.717) is 5.92 Å². The summed E-state index contributed by atoms with van der Waals surface area (Å²) in [5.74, 6) is 5.64. The molecule has 0 aromatic heterocycles. The zero-order chi connectivity index (χ0) is 22.0. The largest absolute Gasteiger partial charge is 0.294 e. The summed E-state index contributed by atoms with van der Waals surface area (Å²) in [4.78, 5) is -0.133. The van der Waals surface area contributed by atoms with Crippen LogP contribution in [-0.2, 0) is 20.2 Å². The molecule has 0 aliphatic rings. The van der Waals surface area contributed by atoms with Crippen molar-refractivity contribution in [2.24, 2.45) is 11.8 Å². The highest BCUT2D eigenvalue weighted by Gasteiger charge is 2.07. The summed E-state index contributed by atoms with van der Waals surface area (Å²) in [5, 5.41) is 0. The van der Waals surface area contributed by atoms with Crippen LogP contribution < -0.4 is 11.3 Å². The fraction of sp³-hybridized carbons (Fsp3) is 0.333. The Kier molecular flexibility index (Phi) is 11.1. The van der Waals surface area contributed by atoms with Crippen molar-refractivity contribution in [2.75, 3.05) is 6.54 Å². The highest BCUT2D eigenvalue weighted by molar-refractivity contribution is 7.86. The predicted molar refractivity (Wildman–Crippen MR) is 109 cm³/mol. The molecule has 0 unspecified atom stereocenters. The van der Waals surface area contributed by atoms with E-state index in [1.807, 2.05) is 13.8 Å². The minimum atomic E-state index is -4.02. The number of nitrogens with one attached hydrogen (secondary N) is 1. The monoisotopic (exact) mass is 432 g/mol. The van der Waals surface area contributed by atoms with Crippen LogP contribution in [0.15, 0.2) is 58.3 Å². The predicted octanol–water partition coefficient (Wildman–Crippen LogP) is 2.59. The Labute approximate surface area is 167 Å². The van der Waals surface area contributed by atoms with Gasteiger partial charge in [0.15, 0.2) is 0 Å². The molecule has 0 aliphatic carbocycles. The van der Waals surface area contributed by atoms with E-state index in [4.69, 9.17) is 14.9 Å². The van der Waals surface area contributed by atoms with Crippen LogP contribution >= 0.6 is 0 Å². The molecule has 0 spiro atoms. The van der Waals surface area contributed by atoms with E-state index in [9.17, 15) is 16.8 Å². The molecule has 28 heavy (non-hydrogen) atoms.